The highest BCUT2D eigenvalue weighted by atomic mass is 19.4. The van der Waals surface area contributed by atoms with E-state index in [1.54, 1.807) is 0 Å². The van der Waals surface area contributed by atoms with E-state index in [-0.39, 0.29) is 12.8 Å². The largest absolute Gasteiger partial charge is 0.435 e. The van der Waals surface area contributed by atoms with Crippen molar-refractivity contribution in [3.05, 3.63) is 12.8 Å². The lowest BCUT2D eigenvalue weighted by Gasteiger charge is -2.28. The third kappa shape index (κ3) is 3.25. The van der Waals surface area contributed by atoms with Gasteiger partial charge in [-0.25, -0.2) is 0 Å². The molecule has 2 unspecified atom stereocenters. The van der Waals surface area contributed by atoms with Crippen molar-refractivity contribution in [1.29, 1.82) is 0 Å². The molecule has 1 rings (SSSR count). The smallest absolute Gasteiger partial charge is 0.391 e. The third-order valence-electron chi connectivity index (χ3n) is 2.67. The van der Waals surface area contributed by atoms with Gasteiger partial charge >= 0.3 is 12.1 Å². The van der Waals surface area contributed by atoms with E-state index < -0.39 is 24.0 Å². The van der Waals surface area contributed by atoms with Gasteiger partial charge in [0, 0.05) is 0 Å². The maximum absolute atomic E-state index is 12.4. The second-order valence-electron chi connectivity index (χ2n) is 3.71. The summed E-state index contributed by atoms with van der Waals surface area (Å²) in [7, 11) is 0. The van der Waals surface area contributed by atoms with E-state index in [4.69, 9.17) is 0 Å². The highest BCUT2D eigenvalue weighted by Crippen LogP contribution is 2.40. The highest BCUT2D eigenvalue weighted by molar-refractivity contribution is 5.73. The molecule has 0 spiro atoms. The van der Waals surface area contributed by atoms with Crippen molar-refractivity contribution in [3.8, 4) is 0 Å². The van der Waals surface area contributed by atoms with Gasteiger partial charge < -0.3 is 4.74 Å². The van der Waals surface area contributed by atoms with Crippen LogP contribution in [0.1, 0.15) is 25.7 Å². The van der Waals surface area contributed by atoms with Gasteiger partial charge in [0.15, 0.2) is 0 Å². The van der Waals surface area contributed by atoms with Gasteiger partial charge in [0.2, 0.25) is 0 Å². The minimum Gasteiger partial charge on any atom is -0.435 e. The fourth-order valence-corrected chi connectivity index (χ4v) is 1.88. The van der Waals surface area contributed by atoms with E-state index in [9.17, 15) is 18.0 Å². The van der Waals surface area contributed by atoms with Gasteiger partial charge in [0.1, 0.15) is 0 Å². The maximum atomic E-state index is 12.4. The Balaban J connectivity index is 2.56. The zero-order valence-electron chi connectivity index (χ0n) is 8.22. The predicted octanol–water partition coefficient (Wildman–Crippen LogP) is 3.04. The van der Waals surface area contributed by atoms with Crippen molar-refractivity contribution in [2.24, 2.45) is 11.8 Å². The van der Waals surface area contributed by atoms with Crippen LogP contribution in [0.15, 0.2) is 12.8 Å². The van der Waals surface area contributed by atoms with E-state index in [0.717, 1.165) is 6.26 Å². The fourth-order valence-electron chi connectivity index (χ4n) is 1.88. The van der Waals surface area contributed by atoms with Crippen LogP contribution >= 0.6 is 0 Å². The molecule has 0 aromatic heterocycles. The number of carbonyl (C=O) groups is 1. The van der Waals surface area contributed by atoms with Crippen molar-refractivity contribution in [3.63, 3.8) is 0 Å². The molecule has 0 heterocycles. The first-order valence-electron chi connectivity index (χ1n) is 4.83. The van der Waals surface area contributed by atoms with Gasteiger partial charge in [-0.2, -0.15) is 13.2 Å². The Morgan fingerprint density at radius 2 is 2.07 bits per heavy atom. The summed E-state index contributed by atoms with van der Waals surface area (Å²) in [5.74, 6) is -2.60. The van der Waals surface area contributed by atoms with E-state index in [1.165, 1.54) is 0 Å². The van der Waals surface area contributed by atoms with Crippen LogP contribution in [0.4, 0.5) is 13.2 Å². The summed E-state index contributed by atoms with van der Waals surface area (Å²) in [6.07, 6.45) is -2.40. The average molecular weight is 222 g/mol. The number of rotatable bonds is 2. The van der Waals surface area contributed by atoms with Crippen molar-refractivity contribution < 1.29 is 22.7 Å². The van der Waals surface area contributed by atoms with Crippen LogP contribution < -0.4 is 0 Å². The molecule has 0 aromatic carbocycles. The number of halogens is 3. The second-order valence-corrected chi connectivity index (χ2v) is 3.71. The van der Waals surface area contributed by atoms with Gasteiger partial charge in [-0.1, -0.05) is 13.0 Å². The van der Waals surface area contributed by atoms with Crippen LogP contribution in [0.3, 0.4) is 0 Å². The molecule has 0 radical (unpaired) electrons. The number of esters is 1. The molecule has 0 aliphatic heterocycles. The van der Waals surface area contributed by atoms with E-state index in [2.05, 4.69) is 11.3 Å². The van der Waals surface area contributed by atoms with Crippen LogP contribution in [-0.4, -0.2) is 12.1 Å². The second kappa shape index (κ2) is 4.68. The SMILES string of the molecule is C=COC(=O)C1CCCC(C(F)(F)F)C1. The molecule has 0 saturated heterocycles. The number of alkyl halides is 3. The van der Waals surface area contributed by atoms with Crippen molar-refractivity contribution in [2.75, 3.05) is 0 Å². The zero-order valence-corrected chi connectivity index (χ0v) is 8.22. The summed E-state index contributed by atoms with van der Waals surface area (Å²) in [4.78, 5) is 11.2. The minimum atomic E-state index is -4.20. The molecule has 1 fully saturated rings. The Morgan fingerprint density at radius 1 is 1.40 bits per heavy atom. The number of ether oxygens (including phenoxy) is 1. The molecule has 15 heavy (non-hydrogen) atoms. The summed E-state index contributed by atoms with van der Waals surface area (Å²) in [6, 6.07) is 0. The summed E-state index contributed by atoms with van der Waals surface area (Å²) >= 11 is 0. The summed E-state index contributed by atoms with van der Waals surface area (Å²) < 4.78 is 41.7. The monoisotopic (exact) mass is 222 g/mol. The first-order valence-corrected chi connectivity index (χ1v) is 4.83. The normalized spacial score (nSPS) is 27.1. The molecule has 86 valence electrons. The molecule has 5 heteroatoms. The quantitative estimate of drug-likeness (QED) is 0.530. The summed E-state index contributed by atoms with van der Waals surface area (Å²) in [5, 5.41) is 0. The van der Waals surface area contributed by atoms with E-state index in [1.807, 2.05) is 0 Å². The Labute approximate surface area is 86.1 Å². The molecule has 2 atom stereocenters. The Morgan fingerprint density at radius 3 is 2.60 bits per heavy atom. The molecule has 1 saturated carbocycles. The van der Waals surface area contributed by atoms with E-state index in [0.29, 0.717) is 12.8 Å². The first kappa shape index (κ1) is 12.1. The van der Waals surface area contributed by atoms with Gasteiger partial charge in [-0.15, -0.1) is 0 Å². The van der Waals surface area contributed by atoms with Gasteiger partial charge in [-0.05, 0) is 19.3 Å². The first-order chi connectivity index (χ1) is 6.95. The van der Waals surface area contributed by atoms with Crippen LogP contribution in [0.25, 0.3) is 0 Å². The molecular weight excluding hydrogens is 209 g/mol. The number of carbonyl (C=O) groups excluding carboxylic acids is 1. The summed E-state index contributed by atoms with van der Waals surface area (Å²) in [5.41, 5.74) is 0. The predicted molar refractivity (Wildman–Crippen MR) is 47.8 cm³/mol. The van der Waals surface area contributed by atoms with Crippen molar-refractivity contribution >= 4 is 5.97 Å². The fraction of sp³-hybridized carbons (Fsp3) is 0.700. The topological polar surface area (TPSA) is 26.3 Å². The van der Waals surface area contributed by atoms with Gasteiger partial charge in [0.05, 0.1) is 18.1 Å². The van der Waals surface area contributed by atoms with Crippen LogP contribution in [0, 0.1) is 11.8 Å². The minimum absolute atomic E-state index is 0.112. The average Bonchev–Trinajstić information content (AvgIpc) is 2.17. The lowest BCUT2D eigenvalue weighted by molar-refractivity contribution is -0.188. The lowest BCUT2D eigenvalue weighted by atomic mass is 9.81. The van der Waals surface area contributed by atoms with Crippen molar-refractivity contribution in [1.82, 2.24) is 0 Å². The van der Waals surface area contributed by atoms with Crippen molar-refractivity contribution in [2.45, 2.75) is 31.9 Å². The lowest BCUT2D eigenvalue weighted by Crippen LogP contribution is -2.32. The third-order valence-corrected chi connectivity index (χ3v) is 2.67. The molecule has 0 amide bonds. The molecule has 1 aliphatic carbocycles. The molecule has 2 nitrogen and oxygen atoms in total. The molecule has 0 N–H and O–H groups in total. The highest BCUT2D eigenvalue weighted by Gasteiger charge is 2.43. The molecule has 0 aromatic rings. The maximum Gasteiger partial charge on any atom is 0.391 e. The molecule has 1 aliphatic rings. The summed E-state index contributed by atoms with van der Waals surface area (Å²) in [6.45, 7) is 3.20. The molecule has 0 bridgehead atoms. The van der Waals surface area contributed by atoms with Crippen LogP contribution in [-0.2, 0) is 9.53 Å². The van der Waals surface area contributed by atoms with E-state index >= 15 is 0 Å². The zero-order chi connectivity index (χ0) is 11.5. The van der Waals surface area contributed by atoms with Crippen LogP contribution in [0.2, 0.25) is 0 Å². The number of hydrogen-bond acceptors (Lipinski definition) is 2. The molecular formula is C10H13F3O2. The number of hydrogen-bond donors (Lipinski definition) is 0. The Kier molecular flexibility index (Phi) is 3.77. The Hall–Kier alpha value is -1.00. The Bertz CT molecular complexity index is 248. The van der Waals surface area contributed by atoms with Crippen LogP contribution in [0.5, 0.6) is 0 Å². The standard InChI is InChI=1S/C10H13F3O2/c1-2-15-9(14)7-4-3-5-8(6-7)10(11,12)13/h2,7-8H,1,3-6H2. The van der Waals surface area contributed by atoms with Gasteiger partial charge in [0.25, 0.3) is 0 Å². The van der Waals surface area contributed by atoms with Gasteiger partial charge in [-0.3, -0.25) is 4.79 Å².